The zero-order valence-electron chi connectivity index (χ0n) is 8.74. The second kappa shape index (κ2) is 5.14. The molecule has 0 saturated carbocycles. The van der Waals surface area contributed by atoms with Gasteiger partial charge in [0.1, 0.15) is 5.75 Å². The highest BCUT2D eigenvalue weighted by Crippen LogP contribution is 2.23. The molecule has 0 spiro atoms. The Morgan fingerprint density at radius 2 is 2.00 bits per heavy atom. The first-order chi connectivity index (χ1) is 7.15. The van der Waals surface area contributed by atoms with E-state index < -0.39 is 11.7 Å². The average molecular weight is 207 g/mol. The molecule has 1 aromatic carbocycles. The normalized spacial score (nSPS) is 9.47. The third kappa shape index (κ3) is 3.09. The van der Waals surface area contributed by atoms with Gasteiger partial charge in [0.05, 0.1) is 12.3 Å². The first-order valence-electron chi connectivity index (χ1n) is 4.69. The number of nitrogens with one attached hydrogen (secondary N) is 1. The average Bonchev–Trinajstić information content (AvgIpc) is 2.21. The Bertz CT molecular complexity index is 374. The van der Waals surface area contributed by atoms with Crippen LogP contribution >= 0.6 is 0 Å². The van der Waals surface area contributed by atoms with Gasteiger partial charge in [-0.2, -0.15) is 0 Å². The van der Waals surface area contributed by atoms with Crippen LogP contribution in [0.1, 0.15) is 13.8 Å². The Labute approximate surface area is 88.2 Å². The molecular formula is C11H13NO3. The Hall–Kier alpha value is -1.84. The van der Waals surface area contributed by atoms with Gasteiger partial charge in [0, 0.05) is 6.92 Å². The molecule has 4 nitrogen and oxygen atoms in total. The van der Waals surface area contributed by atoms with Crippen molar-refractivity contribution in [2.75, 3.05) is 11.9 Å². The van der Waals surface area contributed by atoms with E-state index in [9.17, 15) is 9.59 Å². The van der Waals surface area contributed by atoms with Crippen LogP contribution in [0.15, 0.2) is 24.3 Å². The Kier molecular flexibility index (Phi) is 3.85. The first-order valence-corrected chi connectivity index (χ1v) is 4.69. The van der Waals surface area contributed by atoms with Gasteiger partial charge in [-0.3, -0.25) is 9.59 Å². The largest absolute Gasteiger partial charge is 0.492 e. The zero-order chi connectivity index (χ0) is 11.3. The molecule has 15 heavy (non-hydrogen) atoms. The fourth-order valence-corrected chi connectivity index (χ4v) is 1.06. The molecule has 0 radical (unpaired) electrons. The van der Waals surface area contributed by atoms with Crippen molar-refractivity contribution in [3.8, 4) is 5.75 Å². The monoisotopic (exact) mass is 207 g/mol. The Morgan fingerprint density at radius 1 is 1.33 bits per heavy atom. The quantitative estimate of drug-likeness (QED) is 0.763. The predicted octanol–water partition coefficient (Wildman–Crippen LogP) is 1.61. The van der Waals surface area contributed by atoms with Gasteiger partial charge < -0.3 is 10.1 Å². The van der Waals surface area contributed by atoms with Gasteiger partial charge in [-0.25, -0.2) is 0 Å². The number of benzene rings is 1. The van der Waals surface area contributed by atoms with E-state index >= 15 is 0 Å². The third-order valence-electron chi connectivity index (χ3n) is 1.75. The van der Waals surface area contributed by atoms with Crippen LogP contribution in [0.2, 0.25) is 0 Å². The lowest BCUT2D eigenvalue weighted by Gasteiger charge is -2.09. The molecule has 0 aliphatic heterocycles. The summed E-state index contributed by atoms with van der Waals surface area (Å²) in [5, 5.41) is 2.48. The third-order valence-corrected chi connectivity index (χ3v) is 1.75. The number of carbonyl (C=O) groups is 2. The molecule has 0 saturated heterocycles. The van der Waals surface area contributed by atoms with E-state index in [1.54, 1.807) is 24.3 Å². The van der Waals surface area contributed by atoms with E-state index in [-0.39, 0.29) is 0 Å². The predicted molar refractivity (Wildman–Crippen MR) is 56.9 cm³/mol. The van der Waals surface area contributed by atoms with Crippen LogP contribution in [0.4, 0.5) is 5.69 Å². The summed E-state index contributed by atoms with van der Waals surface area (Å²) in [6, 6.07) is 6.98. The molecule has 1 aromatic rings. The Morgan fingerprint density at radius 3 is 2.60 bits per heavy atom. The van der Waals surface area contributed by atoms with Crippen LogP contribution in [0.5, 0.6) is 5.75 Å². The lowest BCUT2D eigenvalue weighted by atomic mass is 10.3. The number of ether oxygens (including phenoxy) is 1. The number of anilines is 1. The molecule has 80 valence electrons. The zero-order valence-corrected chi connectivity index (χ0v) is 8.74. The molecule has 0 fully saturated rings. The van der Waals surface area contributed by atoms with E-state index in [0.29, 0.717) is 18.0 Å². The molecule has 0 aromatic heterocycles. The van der Waals surface area contributed by atoms with Crippen molar-refractivity contribution in [3.05, 3.63) is 24.3 Å². The standard InChI is InChI=1S/C11H13NO3/c1-3-15-10-7-5-4-6-9(10)12-11(14)8(2)13/h4-7H,3H2,1-2H3,(H,12,14). The minimum absolute atomic E-state index is 0.507. The smallest absolute Gasteiger partial charge is 0.291 e. The lowest BCUT2D eigenvalue weighted by Crippen LogP contribution is -2.20. The summed E-state index contributed by atoms with van der Waals surface area (Å²) < 4.78 is 5.29. The summed E-state index contributed by atoms with van der Waals surface area (Å²) in [7, 11) is 0. The van der Waals surface area contributed by atoms with Crippen molar-refractivity contribution in [3.63, 3.8) is 0 Å². The van der Waals surface area contributed by atoms with Crippen LogP contribution < -0.4 is 10.1 Å². The summed E-state index contributed by atoms with van der Waals surface area (Å²) in [6.45, 7) is 3.58. The first kappa shape index (κ1) is 11.2. The molecule has 0 heterocycles. The maximum absolute atomic E-state index is 11.2. The van der Waals surface area contributed by atoms with E-state index in [1.165, 1.54) is 6.92 Å². The number of rotatable bonds is 4. The topological polar surface area (TPSA) is 55.4 Å². The molecule has 1 rings (SSSR count). The lowest BCUT2D eigenvalue weighted by molar-refractivity contribution is -0.133. The second-order valence-electron chi connectivity index (χ2n) is 2.94. The highest BCUT2D eigenvalue weighted by molar-refractivity contribution is 6.39. The second-order valence-corrected chi connectivity index (χ2v) is 2.94. The van der Waals surface area contributed by atoms with E-state index in [0.717, 1.165) is 0 Å². The highest BCUT2D eigenvalue weighted by atomic mass is 16.5. The number of para-hydroxylation sites is 2. The minimum atomic E-state index is -0.637. The number of carbonyl (C=O) groups excluding carboxylic acids is 2. The SMILES string of the molecule is CCOc1ccccc1NC(=O)C(C)=O. The van der Waals surface area contributed by atoms with Crippen LogP contribution in [-0.4, -0.2) is 18.3 Å². The molecule has 0 bridgehead atoms. The van der Waals surface area contributed by atoms with Gasteiger partial charge in [0.25, 0.3) is 5.91 Å². The van der Waals surface area contributed by atoms with Gasteiger partial charge in [-0.1, -0.05) is 12.1 Å². The molecule has 0 aliphatic carbocycles. The maximum Gasteiger partial charge on any atom is 0.291 e. The van der Waals surface area contributed by atoms with Crippen molar-refractivity contribution in [1.82, 2.24) is 0 Å². The van der Waals surface area contributed by atoms with Crippen molar-refractivity contribution in [1.29, 1.82) is 0 Å². The van der Waals surface area contributed by atoms with E-state index in [1.807, 2.05) is 6.92 Å². The van der Waals surface area contributed by atoms with Crippen molar-refractivity contribution >= 4 is 17.4 Å². The highest BCUT2D eigenvalue weighted by Gasteiger charge is 2.10. The maximum atomic E-state index is 11.2. The molecular weight excluding hydrogens is 194 g/mol. The number of amides is 1. The van der Waals surface area contributed by atoms with Crippen LogP contribution in [0, 0.1) is 0 Å². The van der Waals surface area contributed by atoms with Crippen molar-refractivity contribution in [2.24, 2.45) is 0 Å². The van der Waals surface area contributed by atoms with E-state index in [4.69, 9.17) is 4.74 Å². The summed E-state index contributed by atoms with van der Waals surface area (Å²) in [5.41, 5.74) is 0.513. The molecule has 1 N–H and O–H groups in total. The number of ketones is 1. The molecule has 0 unspecified atom stereocenters. The van der Waals surface area contributed by atoms with Crippen molar-refractivity contribution in [2.45, 2.75) is 13.8 Å². The number of hydrogen-bond donors (Lipinski definition) is 1. The van der Waals surface area contributed by atoms with Crippen LogP contribution in [-0.2, 0) is 9.59 Å². The summed E-state index contributed by atoms with van der Waals surface area (Å²) in [6.07, 6.45) is 0. The van der Waals surface area contributed by atoms with E-state index in [2.05, 4.69) is 5.32 Å². The van der Waals surface area contributed by atoms with Gasteiger partial charge in [-0.15, -0.1) is 0 Å². The Balaban J connectivity index is 2.84. The minimum Gasteiger partial charge on any atom is -0.492 e. The van der Waals surface area contributed by atoms with Crippen LogP contribution in [0.25, 0.3) is 0 Å². The summed E-state index contributed by atoms with van der Waals surface area (Å²) >= 11 is 0. The fourth-order valence-electron chi connectivity index (χ4n) is 1.06. The van der Waals surface area contributed by atoms with Gasteiger partial charge >= 0.3 is 0 Å². The summed E-state index contributed by atoms with van der Waals surface area (Å²) in [4.78, 5) is 21.9. The van der Waals surface area contributed by atoms with Gasteiger partial charge in [0.15, 0.2) is 0 Å². The molecule has 4 heteroatoms. The fraction of sp³-hybridized carbons (Fsp3) is 0.273. The number of hydrogen-bond acceptors (Lipinski definition) is 3. The molecule has 0 atom stereocenters. The summed E-state index contributed by atoms with van der Waals surface area (Å²) in [5.74, 6) is -0.599. The van der Waals surface area contributed by atoms with Crippen molar-refractivity contribution < 1.29 is 14.3 Å². The molecule has 1 amide bonds. The number of Topliss-reactive ketones (excluding diaryl/α,β-unsaturated/α-hetero) is 1. The molecule has 0 aliphatic rings. The van der Waals surface area contributed by atoms with Gasteiger partial charge in [0.2, 0.25) is 5.78 Å². The van der Waals surface area contributed by atoms with Crippen LogP contribution in [0.3, 0.4) is 0 Å². The van der Waals surface area contributed by atoms with Gasteiger partial charge in [-0.05, 0) is 19.1 Å².